The number of rotatable bonds is 7. The van der Waals surface area contributed by atoms with Gasteiger partial charge < -0.3 is 15.8 Å². The normalized spacial score (nSPS) is 12.0. The van der Waals surface area contributed by atoms with E-state index in [1.54, 1.807) is 30.3 Å². The molecule has 0 aliphatic heterocycles. The van der Waals surface area contributed by atoms with Crippen molar-refractivity contribution in [2.24, 2.45) is 5.73 Å². The Morgan fingerprint density at radius 3 is 2.65 bits per heavy atom. The Balaban J connectivity index is 2.71. The van der Waals surface area contributed by atoms with E-state index in [1.165, 1.54) is 13.0 Å². The van der Waals surface area contributed by atoms with Gasteiger partial charge in [-0.2, -0.15) is 5.26 Å². The highest BCUT2D eigenvalue weighted by Crippen LogP contribution is 2.24. The second kappa shape index (κ2) is 12.3. The number of benzene rings is 1. The van der Waals surface area contributed by atoms with Crippen molar-refractivity contribution in [2.75, 3.05) is 19.6 Å². The van der Waals surface area contributed by atoms with Crippen LogP contribution < -0.4 is 11.1 Å². The van der Waals surface area contributed by atoms with Crippen LogP contribution in [0.3, 0.4) is 0 Å². The number of allylic oxidation sites excluding steroid dienone is 2. The lowest BCUT2D eigenvalue weighted by atomic mass is 9.95. The Bertz CT molecular complexity index is 758. The molecule has 0 bridgehead atoms. The number of nitrogens with one attached hydrogen (secondary N) is 1. The van der Waals surface area contributed by atoms with Gasteiger partial charge in [0.25, 0.3) is 5.60 Å². The van der Waals surface area contributed by atoms with E-state index in [0.29, 0.717) is 12.1 Å². The zero-order valence-corrected chi connectivity index (χ0v) is 14.9. The molecule has 0 saturated carbocycles. The molecule has 134 valence electrons. The molecule has 0 radical (unpaired) electrons. The summed E-state index contributed by atoms with van der Waals surface area (Å²) in [5, 5.41) is 12.8. The molecule has 0 heterocycles. The van der Waals surface area contributed by atoms with Crippen LogP contribution in [0.4, 0.5) is 0 Å². The van der Waals surface area contributed by atoms with Crippen molar-refractivity contribution in [3.63, 3.8) is 0 Å². The predicted octanol–water partition coefficient (Wildman–Crippen LogP) is 1.86. The SMILES string of the molecule is CC(=O)OC(C#N)(C#C/C=C\C#CCCNCCCN)c1ccccc1. The van der Waals surface area contributed by atoms with Crippen molar-refractivity contribution in [3.05, 3.63) is 48.0 Å². The number of nitrogens with zero attached hydrogens (tertiary/aromatic N) is 1. The molecule has 3 N–H and O–H groups in total. The molecule has 0 spiro atoms. The summed E-state index contributed by atoms with van der Waals surface area (Å²) < 4.78 is 5.20. The standard InChI is InChI=1S/C21H23N3O2/c1-19(25)26-21(18-23,20-12-7-6-8-13-20)14-9-4-2-3-5-10-16-24-17-11-15-22/h2,4,6-8,12-13,24H,10-11,15-17,22H2,1H3/b4-2-. The minimum absolute atomic E-state index is 0.508. The first-order chi connectivity index (χ1) is 12.6. The Kier molecular flexibility index (Phi) is 9.97. The molecule has 0 amide bonds. The maximum atomic E-state index is 11.4. The summed E-state index contributed by atoms with van der Waals surface area (Å²) >= 11 is 0. The number of esters is 1. The number of nitrogens with two attached hydrogens (primary N) is 1. The van der Waals surface area contributed by atoms with Crippen LogP contribution in [0.2, 0.25) is 0 Å². The first-order valence-corrected chi connectivity index (χ1v) is 8.38. The number of ether oxygens (including phenoxy) is 1. The van der Waals surface area contributed by atoms with E-state index in [2.05, 4.69) is 29.0 Å². The topological polar surface area (TPSA) is 88.1 Å². The lowest BCUT2D eigenvalue weighted by Crippen LogP contribution is -2.28. The molecule has 1 aromatic rings. The predicted molar refractivity (Wildman–Crippen MR) is 101 cm³/mol. The molecular formula is C21H23N3O2. The van der Waals surface area contributed by atoms with Gasteiger partial charge in [-0.15, -0.1) is 0 Å². The van der Waals surface area contributed by atoms with E-state index >= 15 is 0 Å². The van der Waals surface area contributed by atoms with E-state index in [4.69, 9.17) is 10.5 Å². The maximum absolute atomic E-state index is 11.4. The molecular weight excluding hydrogens is 326 g/mol. The summed E-state index contributed by atoms with van der Waals surface area (Å²) in [5.41, 5.74) is 4.28. The van der Waals surface area contributed by atoms with Gasteiger partial charge in [0.1, 0.15) is 6.07 Å². The quantitative estimate of drug-likeness (QED) is 0.446. The van der Waals surface area contributed by atoms with Crippen LogP contribution >= 0.6 is 0 Å². The largest absolute Gasteiger partial charge is 0.428 e. The Labute approximate surface area is 155 Å². The Morgan fingerprint density at radius 1 is 1.27 bits per heavy atom. The van der Waals surface area contributed by atoms with E-state index in [0.717, 1.165) is 25.9 Å². The summed E-state index contributed by atoms with van der Waals surface area (Å²) in [6.07, 6.45) is 4.82. The fourth-order valence-corrected chi connectivity index (χ4v) is 2.02. The first-order valence-electron chi connectivity index (χ1n) is 8.38. The fraction of sp³-hybridized carbons (Fsp3) is 0.333. The molecule has 1 atom stereocenters. The number of hydrogen-bond donors (Lipinski definition) is 2. The van der Waals surface area contributed by atoms with E-state index < -0.39 is 11.6 Å². The minimum atomic E-state index is -1.63. The van der Waals surface area contributed by atoms with Crippen LogP contribution in [0.1, 0.15) is 25.3 Å². The van der Waals surface area contributed by atoms with Crippen molar-refractivity contribution in [1.82, 2.24) is 5.32 Å². The van der Waals surface area contributed by atoms with Gasteiger partial charge in [-0.1, -0.05) is 48.1 Å². The third kappa shape index (κ3) is 7.69. The highest BCUT2D eigenvalue weighted by Gasteiger charge is 2.33. The van der Waals surface area contributed by atoms with Crippen molar-refractivity contribution in [2.45, 2.75) is 25.4 Å². The number of hydrogen-bond acceptors (Lipinski definition) is 5. The van der Waals surface area contributed by atoms with Crippen molar-refractivity contribution in [3.8, 4) is 29.8 Å². The molecule has 5 heteroatoms. The average Bonchev–Trinajstić information content (AvgIpc) is 2.65. The van der Waals surface area contributed by atoms with Crippen LogP contribution in [0.5, 0.6) is 0 Å². The zero-order chi connectivity index (χ0) is 19.1. The van der Waals surface area contributed by atoms with Crippen LogP contribution in [0.15, 0.2) is 42.5 Å². The lowest BCUT2D eigenvalue weighted by molar-refractivity contribution is -0.148. The second-order valence-electron chi connectivity index (χ2n) is 5.32. The summed E-state index contributed by atoms with van der Waals surface area (Å²) in [4.78, 5) is 11.4. The molecule has 0 saturated heterocycles. The average molecular weight is 349 g/mol. The van der Waals surface area contributed by atoms with Gasteiger partial charge in [-0.3, -0.25) is 4.79 Å². The highest BCUT2D eigenvalue weighted by atomic mass is 16.6. The summed E-state index contributed by atoms with van der Waals surface area (Å²) in [6.45, 7) is 3.64. The molecule has 1 rings (SSSR count). The monoisotopic (exact) mass is 349 g/mol. The zero-order valence-electron chi connectivity index (χ0n) is 14.9. The van der Waals surface area contributed by atoms with Crippen LogP contribution in [0, 0.1) is 35.0 Å². The number of carbonyl (C=O) groups is 1. The fourth-order valence-electron chi connectivity index (χ4n) is 2.02. The maximum Gasteiger partial charge on any atom is 0.305 e. The minimum Gasteiger partial charge on any atom is -0.428 e. The summed E-state index contributed by atoms with van der Waals surface area (Å²) in [7, 11) is 0. The molecule has 26 heavy (non-hydrogen) atoms. The molecule has 1 unspecified atom stereocenters. The molecule has 5 nitrogen and oxygen atoms in total. The first kappa shape index (κ1) is 21.0. The van der Waals surface area contributed by atoms with Crippen molar-refractivity contribution < 1.29 is 9.53 Å². The molecule has 1 aromatic carbocycles. The Morgan fingerprint density at radius 2 is 2.00 bits per heavy atom. The molecule has 0 aliphatic carbocycles. The number of carbonyl (C=O) groups excluding carboxylic acids is 1. The van der Waals surface area contributed by atoms with Gasteiger partial charge >= 0.3 is 5.97 Å². The third-order valence-electron chi connectivity index (χ3n) is 3.22. The number of nitriles is 1. The van der Waals surface area contributed by atoms with Gasteiger partial charge in [-0.05, 0) is 37.6 Å². The van der Waals surface area contributed by atoms with Gasteiger partial charge in [0, 0.05) is 25.5 Å². The van der Waals surface area contributed by atoms with Crippen LogP contribution in [0.25, 0.3) is 0 Å². The van der Waals surface area contributed by atoms with Gasteiger partial charge in [0.05, 0.1) is 0 Å². The van der Waals surface area contributed by atoms with E-state index in [9.17, 15) is 10.1 Å². The third-order valence-corrected chi connectivity index (χ3v) is 3.22. The molecule has 0 aromatic heterocycles. The van der Waals surface area contributed by atoms with Crippen LogP contribution in [-0.2, 0) is 15.1 Å². The van der Waals surface area contributed by atoms with E-state index in [1.807, 2.05) is 12.1 Å². The lowest BCUT2D eigenvalue weighted by Gasteiger charge is -2.20. The highest BCUT2D eigenvalue weighted by molar-refractivity contribution is 5.68. The van der Waals surface area contributed by atoms with Crippen molar-refractivity contribution >= 4 is 5.97 Å². The second-order valence-corrected chi connectivity index (χ2v) is 5.32. The van der Waals surface area contributed by atoms with E-state index in [-0.39, 0.29) is 0 Å². The van der Waals surface area contributed by atoms with Crippen molar-refractivity contribution in [1.29, 1.82) is 5.26 Å². The van der Waals surface area contributed by atoms with Gasteiger partial charge in [0.15, 0.2) is 0 Å². The molecule has 0 fully saturated rings. The Hall–Kier alpha value is -3.04. The smallest absolute Gasteiger partial charge is 0.305 e. The summed E-state index contributed by atoms with van der Waals surface area (Å²) in [5.74, 6) is 10.7. The van der Waals surface area contributed by atoms with Gasteiger partial charge in [-0.25, -0.2) is 0 Å². The van der Waals surface area contributed by atoms with Gasteiger partial charge in [0.2, 0.25) is 0 Å². The summed E-state index contributed by atoms with van der Waals surface area (Å²) in [6, 6.07) is 10.7. The molecule has 0 aliphatic rings. The van der Waals surface area contributed by atoms with Crippen LogP contribution in [-0.4, -0.2) is 25.6 Å².